The molecule has 0 radical (unpaired) electrons. The molecule has 2 unspecified atom stereocenters. The first-order valence-corrected chi connectivity index (χ1v) is 10.2. The van der Waals surface area contributed by atoms with Gasteiger partial charge in [0.05, 0.1) is 21.7 Å². The third-order valence-corrected chi connectivity index (χ3v) is 6.50. The maximum Gasteiger partial charge on any atom is 0.255 e. The number of hydrogen-bond donors (Lipinski definition) is 1. The van der Waals surface area contributed by atoms with Crippen LogP contribution >= 0.6 is 11.3 Å². The molecule has 1 N–H and O–H groups in total. The minimum atomic E-state index is 0.164. The summed E-state index contributed by atoms with van der Waals surface area (Å²) in [4.78, 5) is 21.7. The van der Waals surface area contributed by atoms with E-state index < -0.39 is 0 Å². The molecular weight excluding hydrogens is 342 g/mol. The van der Waals surface area contributed by atoms with E-state index in [2.05, 4.69) is 16.3 Å². The Balaban J connectivity index is 1.64. The molecule has 2 aliphatic heterocycles. The number of aromatic nitrogens is 1. The first-order valence-electron chi connectivity index (χ1n) is 9.28. The van der Waals surface area contributed by atoms with E-state index in [1.54, 1.807) is 11.3 Å². The van der Waals surface area contributed by atoms with Gasteiger partial charge in [-0.2, -0.15) is 0 Å². The van der Waals surface area contributed by atoms with Gasteiger partial charge in [0.15, 0.2) is 0 Å². The van der Waals surface area contributed by atoms with E-state index in [0.717, 1.165) is 59.4 Å². The van der Waals surface area contributed by atoms with Crippen LogP contribution in [0.15, 0.2) is 47.8 Å². The monoisotopic (exact) mass is 363 g/mol. The second-order valence-electron chi connectivity index (χ2n) is 7.14. The van der Waals surface area contributed by atoms with E-state index in [-0.39, 0.29) is 5.91 Å². The predicted molar refractivity (Wildman–Crippen MR) is 106 cm³/mol. The van der Waals surface area contributed by atoms with Crippen LogP contribution in [-0.2, 0) is 0 Å². The fourth-order valence-electron chi connectivity index (χ4n) is 4.36. The third-order valence-electron chi connectivity index (χ3n) is 5.61. The Morgan fingerprint density at radius 2 is 2.00 bits per heavy atom. The first-order chi connectivity index (χ1) is 12.8. The molecular formula is C21H21N3OS. The number of thiophene rings is 1. The summed E-state index contributed by atoms with van der Waals surface area (Å²) in [5.74, 6) is 0.164. The van der Waals surface area contributed by atoms with Gasteiger partial charge in [-0.25, -0.2) is 4.98 Å². The normalized spacial score (nSPS) is 22.5. The molecule has 26 heavy (non-hydrogen) atoms. The molecule has 4 nitrogen and oxygen atoms in total. The molecule has 1 aromatic carbocycles. The van der Waals surface area contributed by atoms with E-state index in [1.165, 1.54) is 0 Å². The highest BCUT2D eigenvalue weighted by Gasteiger charge is 2.38. The number of benzene rings is 1. The summed E-state index contributed by atoms with van der Waals surface area (Å²) in [7, 11) is 0. The SMILES string of the molecule is O=C(c1cc(-c2cccs2)nc2ccccc12)N1C2CCNCC1CC2. The smallest absolute Gasteiger partial charge is 0.255 e. The van der Waals surface area contributed by atoms with Gasteiger partial charge in [0.2, 0.25) is 0 Å². The number of fused-ring (bicyclic) bond motifs is 3. The number of para-hydroxylation sites is 1. The zero-order chi connectivity index (χ0) is 17.5. The molecule has 2 fully saturated rings. The van der Waals surface area contributed by atoms with Gasteiger partial charge in [-0.05, 0) is 49.4 Å². The molecule has 0 aliphatic carbocycles. The summed E-state index contributed by atoms with van der Waals surface area (Å²) in [5, 5.41) is 6.48. The maximum absolute atomic E-state index is 13.6. The van der Waals surface area contributed by atoms with Gasteiger partial charge in [-0.1, -0.05) is 24.3 Å². The van der Waals surface area contributed by atoms with Crippen LogP contribution in [0.5, 0.6) is 0 Å². The van der Waals surface area contributed by atoms with Crippen LogP contribution in [0.4, 0.5) is 0 Å². The number of nitrogens with one attached hydrogen (secondary N) is 1. The molecule has 2 atom stereocenters. The van der Waals surface area contributed by atoms with E-state index in [1.807, 2.05) is 41.8 Å². The van der Waals surface area contributed by atoms with Crippen LogP contribution in [0.2, 0.25) is 0 Å². The second-order valence-corrected chi connectivity index (χ2v) is 8.09. The highest BCUT2D eigenvalue weighted by Crippen LogP contribution is 2.33. The predicted octanol–water partition coefficient (Wildman–Crippen LogP) is 3.93. The molecule has 2 aromatic heterocycles. The van der Waals surface area contributed by atoms with Crippen molar-refractivity contribution in [3.63, 3.8) is 0 Å². The van der Waals surface area contributed by atoms with Crippen molar-refractivity contribution in [3.05, 3.63) is 53.4 Å². The van der Waals surface area contributed by atoms with E-state index in [0.29, 0.717) is 12.1 Å². The van der Waals surface area contributed by atoms with E-state index in [9.17, 15) is 4.79 Å². The topological polar surface area (TPSA) is 45.2 Å². The number of hydrogen-bond acceptors (Lipinski definition) is 4. The number of nitrogens with zero attached hydrogens (tertiary/aromatic N) is 2. The Bertz CT molecular complexity index is 939. The van der Waals surface area contributed by atoms with Crippen molar-refractivity contribution in [2.45, 2.75) is 31.3 Å². The van der Waals surface area contributed by atoms with Crippen LogP contribution < -0.4 is 5.32 Å². The number of carbonyl (C=O) groups excluding carboxylic acids is 1. The van der Waals surface area contributed by atoms with Gasteiger partial charge in [0.25, 0.3) is 5.91 Å². The minimum absolute atomic E-state index is 0.164. The summed E-state index contributed by atoms with van der Waals surface area (Å²) in [6, 6.07) is 14.8. The van der Waals surface area contributed by atoms with Gasteiger partial charge in [0.1, 0.15) is 0 Å². The summed E-state index contributed by atoms with van der Waals surface area (Å²) < 4.78 is 0. The zero-order valence-electron chi connectivity index (χ0n) is 14.5. The molecule has 4 heterocycles. The van der Waals surface area contributed by atoms with Crippen molar-refractivity contribution in [2.75, 3.05) is 13.1 Å². The summed E-state index contributed by atoms with van der Waals surface area (Å²) in [5.41, 5.74) is 2.57. The number of pyridine rings is 1. The largest absolute Gasteiger partial charge is 0.331 e. The Morgan fingerprint density at radius 3 is 2.88 bits per heavy atom. The van der Waals surface area contributed by atoms with Gasteiger partial charge in [-0.3, -0.25) is 4.79 Å². The van der Waals surface area contributed by atoms with Gasteiger partial charge in [0, 0.05) is 24.0 Å². The van der Waals surface area contributed by atoms with Crippen molar-refractivity contribution in [3.8, 4) is 10.6 Å². The van der Waals surface area contributed by atoms with Gasteiger partial charge < -0.3 is 10.2 Å². The minimum Gasteiger partial charge on any atom is -0.331 e. The fraction of sp³-hybridized carbons (Fsp3) is 0.333. The lowest BCUT2D eigenvalue weighted by Gasteiger charge is -2.28. The molecule has 5 heteroatoms. The van der Waals surface area contributed by atoms with Gasteiger partial charge in [-0.15, -0.1) is 11.3 Å². The zero-order valence-corrected chi connectivity index (χ0v) is 15.3. The average Bonchev–Trinajstić information content (AvgIpc) is 3.27. The highest BCUT2D eigenvalue weighted by atomic mass is 32.1. The highest BCUT2D eigenvalue weighted by molar-refractivity contribution is 7.13. The average molecular weight is 363 g/mol. The molecule has 1 amide bonds. The lowest BCUT2D eigenvalue weighted by Crippen LogP contribution is -2.42. The fourth-order valence-corrected chi connectivity index (χ4v) is 5.04. The van der Waals surface area contributed by atoms with Crippen molar-refractivity contribution in [2.24, 2.45) is 0 Å². The molecule has 5 rings (SSSR count). The second kappa shape index (κ2) is 6.49. The van der Waals surface area contributed by atoms with E-state index >= 15 is 0 Å². The number of rotatable bonds is 2. The van der Waals surface area contributed by atoms with Crippen molar-refractivity contribution < 1.29 is 4.79 Å². The Kier molecular flexibility index (Phi) is 3.98. The molecule has 132 valence electrons. The number of carbonyl (C=O) groups is 1. The van der Waals surface area contributed by atoms with Crippen LogP contribution in [0, 0.1) is 0 Å². The molecule has 2 saturated heterocycles. The van der Waals surface area contributed by atoms with Crippen LogP contribution in [0.1, 0.15) is 29.6 Å². The Hall–Kier alpha value is -2.24. The Labute approximate surface area is 156 Å². The summed E-state index contributed by atoms with van der Waals surface area (Å²) in [6.45, 7) is 1.91. The Morgan fingerprint density at radius 1 is 1.12 bits per heavy atom. The van der Waals surface area contributed by atoms with Crippen LogP contribution in [0.3, 0.4) is 0 Å². The molecule has 0 saturated carbocycles. The van der Waals surface area contributed by atoms with Crippen LogP contribution in [-0.4, -0.2) is 41.0 Å². The lowest BCUT2D eigenvalue weighted by atomic mass is 10.0. The van der Waals surface area contributed by atoms with Gasteiger partial charge >= 0.3 is 0 Å². The molecule has 3 aromatic rings. The van der Waals surface area contributed by atoms with Crippen molar-refractivity contribution in [1.29, 1.82) is 0 Å². The quantitative estimate of drug-likeness (QED) is 0.750. The van der Waals surface area contributed by atoms with E-state index in [4.69, 9.17) is 4.98 Å². The first kappa shape index (κ1) is 16.0. The van der Waals surface area contributed by atoms with Crippen molar-refractivity contribution >= 4 is 28.1 Å². The number of amides is 1. The molecule has 0 spiro atoms. The summed E-state index contributed by atoms with van der Waals surface area (Å²) in [6.07, 6.45) is 3.27. The maximum atomic E-state index is 13.6. The molecule has 2 bridgehead atoms. The third kappa shape index (κ3) is 2.63. The van der Waals surface area contributed by atoms with Crippen molar-refractivity contribution in [1.82, 2.24) is 15.2 Å². The standard InChI is InChI=1S/C21H21N3OS/c25-21(24-14-7-8-15(24)13-22-10-9-14)17-12-19(20-6-3-11-26-20)23-18-5-2-1-4-16(17)18/h1-6,11-12,14-15,22H,7-10,13H2. The van der Waals surface area contributed by atoms with Crippen LogP contribution in [0.25, 0.3) is 21.5 Å². The molecule has 2 aliphatic rings. The summed E-state index contributed by atoms with van der Waals surface area (Å²) >= 11 is 1.66. The lowest BCUT2D eigenvalue weighted by molar-refractivity contribution is 0.0682.